The first-order valence-corrected chi connectivity index (χ1v) is 9.02. The summed E-state index contributed by atoms with van der Waals surface area (Å²) in [4.78, 5) is 24.1. The monoisotopic (exact) mass is 339 g/mol. The van der Waals surface area contributed by atoms with E-state index < -0.39 is 0 Å². The standard InChI is InChI=1S/C19H25N5O/c1-14(2)24-11-17(22-13-24)16-9-21-12-19(16)5-7-23(18(19)25)10-15-4-3-6-20-8-15/h3-4,6,8,11,13-14,16,21H,5,7,9-10,12H2,1-2H3/t16-,19+/m0/s1. The number of rotatable bonds is 4. The lowest BCUT2D eigenvalue weighted by Crippen LogP contribution is -2.39. The van der Waals surface area contributed by atoms with Gasteiger partial charge in [-0.15, -0.1) is 0 Å². The van der Waals surface area contributed by atoms with E-state index in [1.54, 1.807) is 6.20 Å². The fraction of sp³-hybridized carbons (Fsp3) is 0.526. The number of likely N-dealkylation sites (tertiary alicyclic amines) is 1. The second kappa shape index (κ2) is 6.26. The van der Waals surface area contributed by atoms with Crippen LogP contribution in [0, 0.1) is 5.41 Å². The minimum absolute atomic E-state index is 0.152. The number of imidazole rings is 1. The molecule has 6 heteroatoms. The molecule has 0 bridgehead atoms. The van der Waals surface area contributed by atoms with Crippen LogP contribution in [0.5, 0.6) is 0 Å². The molecular formula is C19H25N5O. The lowest BCUT2D eigenvalue weighted by molar-refractivity contribution is -0.136. The van der Waals surface area contributed by atoms with Gasteiger partial charge in [-0.05, 0) is 31.9 Å². The third-order valence-corrected chi connectivity index (χ3v) is 5.67. The lowest BCUT2D eigenvalue weighted by atomic mass is 9.75. The molecule has 1 spiro atoms. The Balaban J connectivity index is 1.57. The molecule has 0 aromatic carbocycles. The largest absolute Gasteiger partial charge is 0.338 e. The number of hydrogen-bond acceptors (Lipinski definition) is 4. The molecule has 2 fully saturated rings. The highest BCUT2D eigenvalue weighted by Crippen LogP contribution is 2.46. The number of nitrogens with zero attached hydrogens (tertiary/aromatic N) is 4. The maximum atomic E-state index is 13.3. The minimum Gasteiger partial charge on any atom is -0.338 e. The predicted molar refractivity (Wildman–Crippen MR) is 94.9 cm³/mol. The van der Waals surface area contributed by atoms with E-state index in [0.717, 1.165) is 37.3 Å². The molecule has 0 saturated carbocycles. The fourth-order valence-corrected chi connectivity index (χ4v) is 4.17. The molecule has 0 aliphatic carbocycles. The molecule has 1 N–H and O–H groups in total. The topological polar surface area (TPSA) is 63.1 Å². The summed E-state index contributed by atoms with van der Waals surface area (Å²) in [6.45, 7) is 7.30. The van der Waals surface area contributed by atoms with Crippen molar-refractivity contribution in [3.8, 4) is 0 Å². The zero-order valence-corrected chi connectivity index (χ0v) is 14.9. The average molecular weight is 339 g/mol. The molecule has 4 heterocycles. The summed E-state index contributed by atoms with van der Waals surface area (Å²) >= 11 is 0. The van der Waals surface area contributed by atoms with Gasteiger partial charge in [0.05, 0.1) is 17.4 Å². The van der Waals surface area contributed by atoms with E-state index in [2.05, 4.69) is 39.9 Å². The molecule has 0 radical (unpaired) electrons. The van der Waals surface area contributed by atoms with Crippen LogP contribution < -0.4 is 5.32 Å². The number of carbonyl (C=O) groups excluding carboxylic acids is 1. The summed E-state index contributed by atoms with van der Waals surface area (Å²) in [5, 5.41) is 3.45. The first-order chi connectivity index (χ1) is 12.1. The first kappa shape index (κ1) is 16.3. The molecule has 25 heavy (non-hydrogen) atoms. The Labute approximate surface area is 148 Å². The van der Waals surface area contributed by atoms with Gasteiger partial charge < -0.3 is 14.8 Å². The second-order valence-corrected chi connectivity index (χ2v) is 7.52. The quantitative estimate of drug-likeness (QED) is 0.925. The van der Waals surface area contributed by atoms with Crippen molar-refractivity contribution < 1.29 is 4.79 Å². The van der Waals surface area contributed by atoms with Crippen LogP contribution in [0.4, 0.5) is 0 Å². The van der Waals surface area contributed by atoms with Gasteiger partial charge in [0.25, 0.3) is 0 Å². The van der Waals surface area contributed by atoms with Gasteiger partial charge in [-0.1, -0.05) is 6.07 Å². The molecule has 2 aromatic heterocycles. The van der Waals surface area contributed by atoms with Gasteiger partial charge in [-0.25, -0.2) is 4.98 Å². The van der Waals surface area contributed by atoms with E-state index in [1.165, 1.54) is 0 Å². The fourth-order valence-electron chi connectivity index (χ4n) is 4.17. The summed E-state index contributed by atoms with van der Waals surface area (Å²) < 4.78 is 2.12. The van der Waals surface area contributed by atoms with Gasteiger partial charge in [0.2, 0.25) is 5.91 Å². The normalized spacial score (nSPS) is 26.3. The van der Waals surface area contributed by atoms with Crippen molar-refractivity contribution in [2.45, 2.75) is 38.8 Å². The van der Waals surface area contributed by atoms with Gasteiger partial charge in [0, 0.05) is 56.7 Å². The molecule has 4 rings (SSSR count). The molecule has 0 unspecified atom stereocenters. The minimum atomic E-state index is -0.349. The Morgan fingerprint density at radius 1 is 1.44 bits per heavy atom. The van der Waals surface area contributed by atoms with Crippen molar-refractivity contribution in [3.63, 3.8) is 0 Å². The van der Waals surface area contributed by atoms with Crippen molar-refractivity contribution in [1.29, 1.82) is 0 Å². The van der Waals surface area contributed by atoms with Crippen molar-refractivity contribution in [3.05, 3.63) is 48.3 Å². The van der Waals surface area contributed by atoms with E-state index >= 15 is 0 Å². The second-order valence-electron chi connectivity index (χ2n) is 7.52. The molecule has 2 aliphatic heterocycles. The number of pyridine rings is 1. The van der Waals surface area contributed by atoms with Crippen LogP contribution in [0.1, 0.15) is 43.5 Å². The van der Waals surface area contributed by atoms with Gasteiger partial charge in [0.15, 0.2) is 0 Å². The highest BCUT2D eigenvalue weighted by atomic mass is 16.2. The number of aromatic nitrogens is 3. The molecule has 2 saturated heterocycles. The Bertz CT molecular complexity index is 756. The predicted octanol–water partition coefficient (Wildman–Crippen LogP) is 1.96. The van der Waals surface area contributed by atoms with Crippen LogP contribution in [0.15, 0.2) is 37.1 Å². The van der Waals surface area contributed by atoms with Crippen LogP contribution in [-0.2, 0) is 11.3 Å². The lowest BCUT2D eigenvalue weighted by Gasteiger charge is -2.28. The summed E-state index contributed by atoms with van der Waals surface area (Å²) in [6.07, 6.45) is 8.49. The zero-order valence-electron chi connectivity index (χ0n) is 14.9. The van der Waals surface area contributed by atoms with Crippen LogP contribution in [-0.4, -0.2) is 45.0 Å². The van der Waals surface area contributed by atoms with E-state index in [9.17, 15) is 4.79 Å². The molecule has 6 nitrogen and oxygen atoms in total. The van der Waals surface area contributed by atoms with Crippen molar-refractivity contribution in [2.75, 3.05) is 19.6 Å². The summed E-state index contributed by atoms with van der Waals surface area (Å²) in [7, 11) is 0. The van der Waals surface area contributed by atoms with Crippen molar-refractivity contribution in [2.24, 2.45) is 5.41 Å². The average Bonchev–Trinajstić information content (AvgIpc) is 3.32. The molecule has 2 aromatic rings. The highest BCUT2D eigenvalue weighted by molar-refractivity contribution is 5.86. The Morgan fingerprint density at radius 3 is 3.04 bits per heavy atom. The third-order valence-electron chi connectivity index (χ3n) is 5.67. The van der Waals surface area contributed by atoms with E-state index in [0.29, 0.717) is 12.6 Å². The maximum absolute atomic E-state index is 13.3. The summed E-state index contributed by atoms with van der Waals surface area (Å²) in [6, 6.07) is 4.33. The summed E-state index contributed by atoms with van der Waals surface area (Å²) in [5.41, 5.74) is 1.77. The molecule has 1 amide bonds. The maximum Gasteiger partial charge on any atom is 0.231 e. The number of hydrogen-bond donors (Lipinski definition) is 1. The number of nitrogens with one attached hydrogen (secondary N) is 1. The Kier molecular flexibility index (Phi) is 4.07. The van der Waals surface area contributed by atoms with Gasteiger partial charge >= 0.3 is 0 Å². The van der Waals surface area contributed by atoms with Crippen LogP contribution in [0.25, 0.3) is 0 Å². The van der Waals surface area contributed by atoms with Gasteiger partial charge in [0.1, 0.15) is 0 Å². The van der Waals surface area contributed by atoms with Gasteiger partial charge in [-0.3, -0.25) is 9.78 Å². The number of carbonyl (C=O) groups is 1. The first-order valence-electron chi connectivity index (χ1n) is 9.02. The van der Waals surface area contributed by atoms with Crippen LogP contribution >= 0.6 is 0 Å². The van der Waals surface area contributed by atoms with Crippen molar-refractivity contribution >= 4 is 5.91 Å². The highest BCUT2D eigenvalue weighted by Gasteiger charge is 2.55. The number of amides is 1. The molecule has 2 atom stereocenters. The molecular weight excluding hydrogens is 314 g/mol. The van der Waals surface area contributed by atoms with Crippen LogP contribution in [0.2, 0.25) is 0 Å². The van der Waals surface area contributed by atoms with E-state index in [4.69, 9.17) is 0 Å². The van der Waals surface area contributed by atoms with Crippen molar-refractivity contribution in [1.82, 2.24) is 24.8 Å². The van der Waals surface area contributed by atoms with Crippen LogP contribution in [0.3, 0.4) is 0 Å². The Hall–Kier alpha value is -2.21. The SMILES string of the molecule is CC(C)n1cnc([C@@H]2CNC[C@]23CCN(Cc2cccnc2)C3=O)c1. The van der Waals surface area contributed by atoms with Gasteiger partial charge in [-0.2, -0.15) is 0 Å². The Morgan fingerprint density at radius 2 is 2.32 bits per heavy atom. The smallest absolute Gasteiger partial charge is 0.231 e. The summed E-state index contributed by atoms with van der Waals surface area (Å²) in [5.74, 6) is 0.407. The molecule has 132 valence electrons. The zero-order chi connectivity index (χ0) is 17.4. The van der Waals surface area contributed by atoms with E-state index in [1.807, 2.05) is 29.6 Å². The third kappa shape index (κ3) is 2.74. The molecule has 2 aliphatic rings. The van der Waals surface area contributed by atoms with E-state index in [-0.39, 0.29) is 17.2 Å².